The Balaban J connectivity index is 1.71. The lowest BCUT2D eigenvalue weighted by molar-refractivity contribution is -0.119. The summed E-state index contributed by atoms with van der Waals surface area (Å²) >= 11 is 0. The Bertz CT molecular complexity index is 900. The quantitative estimate of drug-likeness (QED) is 0.796. The molecule has 0 aromatic heterocycles. The van der Waals surface area contributed by atoms with E-state index < -0.39 is 23.7 Å². The van der Waals surface area contributed by atoms with Crippen molar-refractivity contribution in [2.75, 3.05) is 31.4 Å². The number of urea groups is 1. The Morgan fingerprint density at radius 1 is 1.03 bits per heavy atom. The Kier molecular flexibility index (Phi) is 6.16. The summed E-state index contributed by atoms with van der Waals surface area (Å²) < 4.78 is 37.2. The molecule has 154 valence electrons. The van der Waals surface area contributed by atoms with E-state index in [4.69, 9.17) is 9.47 Å². The van der Waals surface area contributed by atoms with E-state index in [0.29, 0.717) is 42.6 Å². The number of rotatable bonds is 5. The maximum atomic E-state index is 13.8. The summed E-state index contributed by atoms with van der Waals surface area (Å²) in [7, 11) is 3.00. The number of benzene rings is 2. The highest BCUT2D eigenvalue weighted by Crippen LogP contribution is 2.27. The molecule has 0 spiro atoms. The molecular weight excluding hydrogens is 384 g/mol. The molecule has 3 amide bonds. The third-order valence-corrected chi connectivity index (χ3v) is 4.61. The summed E-state index contributed by atoms with van der Waals surface area (Å²) in [5.74, 6) is -0.998. The van der Waals surface area contributed by atoms with Crippen molar-refractivity contribution in [3.05, 3.63) is 48.0 Å². The van der Waals surface area contributed by atoms with Crippen LogP contribution in [0.5, 0.6) is 11.5 Å². The smallest absolute Gasteiger partial charge is 0.322 e. The van der Waals surface area contributed by atoms with Gasteiger partial charge in [0, 0.05) is 36.5 Å². The standard InChI is InChI=1S/C20H21F2N3O4/c1-28-14-9-13(10-15(11-14)29-2)23-19(26)18-4-3-7-25(18)20(27)24-17-6-5-12(21)8-16(17)22/h5-6,8-11,18H,3-4,7H2,1-2H3,(H,23,26)(H,24,27). The van der Waals surface area contributed by atoms with Crippen LogP contribution in [0.1, 0.15) is 12.8 Å². The van der Waals surface area contributed by atoms with Crippen LogP contribution in [-0.2, 0) is 4.79 Å². The fourth-order valence-electron chi connectivity index (χ4n) is 3.17. The summed E-state index contributed by atoms with van der Waals surface area (Å²) in [6, 6.07) is 6.44. The topological polar surface area (TPSA) is 79.9 Å². The average molecular weight is 405 g/mol. The van der Waals surface area contributed by atoms with Crippen molar-refractivity contribution in [3.8, 4) is 11.5 Å². The number of halogens is 2. The summed E-state index contributed by atoms with van der Waals surface area (Å²) in [6.45, 7) is 0.341. The molecule has 0 bridgehead atoms. The maximum absolute atomic E-state index is 13.8. The molecule has 1 saturated heterocycles. The number of anilines is 2. The molecule has 1 heterocycles. The molecular formula is C20H21F2N3O4. The SMILES string of the molecule is COc1cc(NC(=O)C2CCCN2C(=O)Nc2ccc(F)cc2F)cc(OC)c1. The molecule has 3 rings (SSSR count). The number of ether oxygens (including phenoxy) is 2. The lowest BCUT2D eigenvalue weighted by atomic mass is 10.2. The Labute approximate surface area is 166 Å². The first-order valence-electron chi connectivity index (χ1n) is 8.98. The van der Waals surface area contributed by atoms with E-state index in [1.165, 1.54) is 19.1 Å². The van der Waals surface area contributed by atoms with Crippen molar-refractivity contribution in [2.45, 2.75) is 18.9 Å². The first kappa shape index (κ1) is 20.4. The molecule has 9 heteroatoms. The Hall–Kier alpha value is -3.36. The summed E-state index contributed by atoms with van der Waals surface area (Å²) in [5.41, 5.74) is 0.308. The third-order valence-electron chi connectivity index (χ3n) is 4.61. The van der Waals surface area contributed by atoms with Crippen LogP contribution in [0.15, 0.2) is 36.4 Å². The summed E-state index contributed by atoms with van der Waals surface area (Å²) in [6.07, 6.45) is 1.09. The molecule has 1 fully saturated rings. The molecule has 1 aliphatic heterocycles. The van der Waals surface area contributed by atoms with E-state index in [9.17, 15) is 18.4 Å². The van der Waals surface area contributed by atoms with E-state index in [1.807, 2.05) is 0 Å². The van der Waals surface area contributed by atoms with Crippen molar-refractivity contribution in [2.24, 2.45) is 0 Å². The van der Waals surface area contributed by atoms with Crippen LogP contribution in [0, 0.1) is 11.6 Å². The minimum Gasteiger partial charge on any atom is -0.497 e. The van der Waals surface area contributed by atoms with Gasteiger partial charge in [0.1, 0.15) is 29.2 Å². The van der Waals surface area contributed by atoms with Crippen LogP contribution in [-0.4, -0.2) is 43.6 Å². The van der Waals surface area contributed by atoms with Gasteiger partial charge in [0.2, 0.25) is 5.91 Å². The molecule has 2 aromatic rings. The van der Waals surface area contributed by atoms with Gasteiger partial charge in [-0.25, -0.2) is 13.6 Å². The lowest BCUT2D eigenvalue weighted by Gasteiger charge is -2.24. The second-order valence-corrected chi connectivity index (χ2v) is 6.50. The normalized spacial score (nSPS) is 15.7. The number of methoxy groups -OCH3 is 2. The van der Waals surface area contributed by atoms with Gasteiger partial charge in [-0.2, -0.15) is 0 Å². The monoisotopic (exact) mass is 405 g/mol. The van der Waals surface area contributed by atoms with Crippen molar-refractivity contribution >= 4 is 23.3 Å². The predicted octanol–water partition coefficient (Wildman–Crippen LogP) is 3.62. The molecule has 0 radical (unpaired) electrons. The van der Waals surface area contributed by atoms with Crippen molar-refractivity contribution in [1.29, 1.82) is 0 Å². The van der Waals surface area contributed by atoms with Crippen molar-refractivity contribution in [3.63, 3.8) is 0 Å². The molecule has 1 unspecified atom stereocenters. The predicted molar refractivity (Wildman–Crippen MR) is 103 cm³/mol. The zero-order chi connectivity index (χ0) is 21.0. The number of hydrogen-bond donors (Lipinski definition) is 2. The van der Waals surface area contributed by atoms with Gasteiger partial charge in [0.05, 0.1) is 19.9 Å². The van der Waals surface area contributed by atoms with Crippen LogP contribution in [0.25, 0.3) is 0 Å². The Morgan fingerprint density at radius 3 is 2.34 bits per heavy atom. The number of likely N-dealkylation sites (tertiary alicyclic amines) is 1. The second-order valence-electron chi connectivity index (χ2n) is 6.50. The zero-order valence-electron chi connectivity index (χ0n) is 16.0. The fraction of sp³-hybridized carbons (Fsp3) is 0.300. The van der Waals surface area contributed by atoms with E-state index in [1.54, 1.807) is 18.2 Å². The van der Waals surface area contributed by atoms with Gasteiger partial charge < -0.3 is 25.0 Å². The highest BCUT2D eigenvalue weighted by Gasteiger charge is 2.34. The molecule has 1 atom stereocenters. The fourth-order valence-corrected chi connectivity index (χ4v) is 3.17. The van der Waals surface area contributed by atoms with E-state index in [2.05, 4.69) is 10.6 Å². The summed E-state index contributed by atoms with van der Waals surface area (Å²) in [5, 5.41) is 5.15. The number of nitrogens with zero attached hydrogens (tertiary/aromatic N) is 1. The molecule has 7 nitrogen and oxygen atoms in total. The van der Waals surface area contributed by atoms with Crippen molar-refractivity contribution < 1.29 is 27.8 Å². The lowest BCUT2D eigenvalue weighted by Crippen LogP contribution is -2.45. The van der Waals surface area contributed by atoms with Gasteiger partial charge in [0.15, 0.2) is 0 Å². The van der Waals surface area contributed by atoms with Crippen molar-refractivity contribution in [1.82, 2.24) is 4.90 Å². The van der Waals surface area contributed by atoms with Crippen LogP contribution >= 0.6 is 0 Å². The molecule has 0 aliphatic carbocycles. The van der Waals surface area contributed by atoms with Gasteiger partial charge >= 0.3 is 6.03 Å². The van der Waals surface area contributed by atoms with E-state index in [0.717, 1.165) is 12.1 Å². The number of amides is 3. The van der Waals surface area contributed by atoms with Gasteiger partial charge in [-0.05, 0) is 25.0 Å². The van der Waals surface area contributed by atoms with Gasteiger partial charge in [0.25, 0.3) is 0 Å². The first-order valence-corrected chi connectivity index (χ1v) is 8.98. The molecule has 1 aliphatic rings. The summed E-state index contributed by atoms with van der Waals surface area (Å²) in [4.78, 5) is 26.6. The van der Waals surface area contributed by atoms with Gasteiger partial charge in [-0.3, -0.25) is 4.79 Å². The number of carbonyl (C=O) groups excluding carboxylic acids is 2. The minimum atomic E-state index is -0.887. The number of nitrogens with one attached hydrogen (secondary N) is 2. The highest BCUT2D eigenvalue weighted by atomic mass is 19.1. The average Bonchev–Trinajstić information content (AvgIpc) is 3.20. The van der Waals surface area contributed by atoms with Crippen LogP contribution in [0.2, 0.25) is 0 Å². The number of hydrogen-bond acceptors (Lipinski definition) is 4. The van der Waals surface area contributed by atoms with Gasteiger partial charge in [-0.15, -0.1) is 0 Å². The third kappa shape index (κ3) is 4.74. The van der Waals surface area contributed by atoms with Crippen LogP contribution < -0.4 is 20.1 Å². The van der Waals surface area contributed by atoms with E-state index >= 15 is 0 Å². The number of carbonyl (C=O) groups is 2. The highest BCUT2D eigenvalue weighted by molar-refractivity contribution is 5.99. The Morgan fingerprint density at radius 2 is 1.72 bits per heavy atom. The second kappa shape index (κ2) is 8.76. The van der Waals surface area contributed by atoms with Crippen LogP contribution in [0.3, 0.4) is 0 Å². The van der Waals surface area contributed by atoms with E-state index in [-0.39, 0.29) is 11.6 Å². The molecule has 29 heavy (non-hydrogen) atoms. The van der Waals surface area contributed by atoms with Gasteiger partial charge in [-0.1, -0.05) is 0 Å². The first-order chi connectivity index (χ1) is 13.9. The molecule has 2 N–H and O–H groups in total. The largest absolute Gasteiger partial charge is 0.497 e. The minimum absolute atomic E-state index is 0.153. The van der Waals surface area contributed by atoms with Crippen LogP contribution in [0.4, 0.5) is 25.0 Å². The zero-order valence-corrected chi connectivity index (χ0v) is 16.0. The maximum Gasteiger partial charge on any atom is 0.322 e. The molecule has 0 saturated carbocycles. The molecule has 2 aromatic carbocycles.